The third-order valence-corrected chi connectivity index (χ3v) is 3.64. The molecule has 2 aromatic rings. The molecule has 4 nitrogen and oxygen atoms in total. The molecule has 4 heteroatoms. The summed E-state index contributed by atoms with van der Waals surface area (Å²) in [4.78, 5) is 0. The van der Waals surface area contributed by atoms with Crippen LogP contribution in [0.25, 0.3) is 11.3 Å². The fourth-order valence-electron chi connectivity index (χ4n) is 2.47. The number of para-hydroxylation sites is 1. The Labute approximate surface area is 119 Å². The van der Waals surface area contributed by atoms with Crippen LogP contribution in [0.1, 0.15) is 31.0 Å². The van der Waals surface area contributed by atoms with E-state index in [-0.39, 0.29) is 6.10 Å². The van der Waals surface area contributed by atoms with Gasteiger partial charge in [-0.05, 0) is 29.7 Å². The molecular weight excluding hydrogens is 250 g/mol. The van der Waals surface area contributed by atoms with E-state index in [1.54, 1.807) is 0 Å². The maximum absolute atomic E-state index is 5.93. The largest absolute Gasteiger partial charge is 0.488 e. The van der Waals surface area contributed by atoms with Gasteiger partial charge in [0.15, 0.2) is 0 Å². The third-order valence-electron chi connectivity index (χ3n) is 3.64. The van der Waals surface area contributed by atoms with Crippen LogP contribution >= 0.6 is 0 Å². The molecule has 1 aliphatic heterocycles. The van der Waals surface area contributed by atoms with Crippen molar-refractivity contribution < 1.29 is 4.74 Å². The Morgan fingerprint density at radius 2 is 2.10 bits per heavy atom. The molecule has 0 spiro atoms. The minimum atomic E-state index is 0.0778. The first-order chi connectivity index (χ1) is 9.69. The lowest BCUT2D eigenvalue weighted by Crippen LogP contribution is -2.24. The fourth-order valence-corrected chi connectivity index (χ4v) is 2.47. The van der Waals surface area contributed by atoms with Gasteiger partial charge in [0.25, 0.3) is 0 Å². The summed E-state index contributed by atoms with van der Waals surface area (Å²) in [5.41, 5.74) is 9.76. The van der Waals surface area contributed by atoms with Crippen LogP contribution < -0.4 is 10.5 Å². The van der Waals surface area contributed by atoms with Crippen LogP contribution in [0.4, 0.5) is 0 Å². The van der Waals surface area contributed by atoms with Gasteiger partial charge in [0.1, 0.15) is 11.9 Å². The van der Waals surface area contributed by atoms with Crippen LogP contribution in [0.15, 0.2) is 30.3 Å². The number of nitrogens with zero attached hydrogens (tertiary/aromatic N) is 2. The number of rotatable bonds is 3. The summed E-state index contributed by atoms with van der Waals surface area (Å²) in [6.45, 7) is 4.75. The molecule has 0 aliphatic carbocycles. The van der Waals surface area contributed by atoms with Gasteiger partial charge in [0.05, 0.1) is 11.4 Å². The summed E-state index contributed by atoms with van der Waals surface area (Å²) in [5.74, 6) is 1.30. The molecule has 0 fully saturated rings. The highest BCUT2D eigenvalue weighted by Crippen LogP contribution is 2.37. The average molecular weight is 269 g/mol. The van der Waals surface area contributed by atoms with Crippen LogP contribution in [-0.4, -0.2) is 22.8 Å². The quantitative estimate of drug-likeness (QED) is 0.930. The van der Waals surface area contributed by atoms with Gasteiger partial charge >= 0.3 is 0 Å². The molecule has 20 heavy (non-hydrogen) atoms. The minimum absolute atomic E-state index is 0.0778. The summed E-state index contributed by atoms with van der Waals surface area (Å²) in [6.07, 6.45) is 0.950. The average Bonchev–Trinajstić information content (AvgIpc) is 2.90. The summed E-state index contributed by atoms with van der Waals surface area (Å²) in [7, 11) is 0. The van der Waals surface area contributed by atoms with Crippen molar-refractivity contribution in [1.29, 1.82) is 0 Å². The summed E-state index contributed by atoms with van der Waals surface area (Å²) < 4.78 is 5.93. The molecule has 0 saturated carbocycles. The van der Waals surface area contributed by atoms with Crippen molar-refractivity contribution in [2.75, 3.05) is 6.54 Å². The monoisotopic (exact) mass is 269 g/mol. The maximum atomic E-state index is 5.93. The molecule has 0 amide bonds. The topological polar surface area (TPSA) is 61.0 Å². The van der Waals surface area contributed by atoms with Crippen LogP contribution in [0.2, 0.25) is 0 Å². The Morgan fingerprint density at radius 3 is 2.75 bits per heavy atom. The highest BCUT2D eigenvalue weighted by atomic mass is 16.5. The summed E-state index contributed by atoms with van der Waals surface area (Å²) >= 11 is 0. The lowest BCUT2D eigenvalue weighted by molar-refractivity contribution is 0.242. The standard InChI is InChI=1S/C16H19N3O/c1-10(2)14-6-7-15(19-18-14)13-5-3-4-11-8-12(9-17)20-16(11)13/h3-7,10,12H,8-9,17H2,1-2H3. The first-order valence-corrected chi connectivity index (χ1v) is 7.01. The van der Waals surface area contributed by atoms with Gasteiger partial charge in [-0.15, -0.1) is 0 Å². The molecule has 1 aliphatic rings. The zero-order valence-electron chi connectivity index (χ0n) is 11.8. The Bertz CT molecular complexity index is 608. The van der Waals surface area contributed by atoms with Crippen molar-refractivity contribution in [2.24, 2.45) is 5.73 Å². The van der Waals surface area contributed by atoms with Gasteiger partial charge in [-0.25, -0.2) is 0 Å². The van der Waals surface area contributed by atoms with Crippen molar-refractivity contribution in [3.63, 3.8) is 0 Å². The van der Waals surface area contributed by atoms with Crippen LogP contribution in [0, 0.1) is 0 Å². The smallest absolute Gasteiger partial charge is 0.132 e. The number of hydrogen-bond acceptors (Lipinski definition) is 4. The summed E-state index contributed by atoms with van der Waals surface area (Å²) in [5, 5.41) is 8.63. The number of benzene rings is 1. The second kappa shape index (κ2) is 5.21. The van der Waals surface area contributed by atoms with Gasteiger partial charge in [0, 0.05) is 18.5 Å². The number of nitrogens with two attached hydrogens (primary N) is 1. The number of aromatic nitrogens is 2. The molecule has 1 atom stereocenters. The van der Waals surface area contributed by atoms with E-state index >= 15 is 0 Å². The molecule has 2 heterocycles. The Hall–Kier alpha value is -1.94. The van der Waals surface area contributed by atoms with Crippen LogP contribution in [-0.2, 0) is 6.42 Å². The number of ether oxygens (including phenoxy) is 1. The van der Waals surface area contributed by atoms with Crippen molar-refractivity contribution in [3.05, 3.63) is 41.6 Å². The Morgan fingerprint density at radius 1 is 1.25 bits per heavy atom. The minimum Gasteiger partial charge on any atom is -0.488 e. The molecular formula is C16H19N3O. The van der Waals surface area contributed by atoms with E-state index < -0.39 is 0 Å². The highest BCUT2D eigenvalue weighted by Gasteiger charge is 2.25. The first-order valence-electron chi connectivity index (χ1n) is 7.01. The lowest BCUT2D eigenvalue weighted by atomic mass is 10.0. The third kappa shape index (κ3) is 2.27. The molecule has 0 radical (unpaired) electrons. The molecule has 2 N–H and O–H groups in total. The van der Waals surface area contributed by atoms with Crippen LogP contribution in [0.5, 0.6) is 5.75 Å². The normalized spacial score (nSPS) is 17.1. The highest BCUT2D eigenvalue weighted by molar-refractivity contribution is 5.70. The second-order valence-corrected chi connectivity index (χ2v) is 5.47. The Kier molecular flexibility index (Phi) is 3.40. The van der Waals surface area contributed by atoms with Crippen molar-refractivity contribution >= 4 is 0 Å². The van der Waals surface area contributed by atoms with Gasteiger partial charge in [-0.3, -0.25) is 0 Å². The lowest BCUT2D eigenvalue weighted by Gasteiger charge is -2.10. The molecule has 104 valence electrons. The van der Waals surface area contributed by atoms with Gasteiger partial charge in [-0.1, -0.05) is 26.0 Å². The van der Waals surface area contributed by atoms with Crippen molar-refractivity contribution in [3.8, 4) is 17.0 Å². The SMILES string of the molecule is CC(C)c1ccc(-c2cccc3c2OC(CN)C3)nn1. The Balaban J connectivity index is 1.98. The van der Waals surface area contributed by atoms with E-state index in [0.29, 0.717) is 12.5 Å². The molecule has 1 aromatic heterocycles. The van der Waals surface area contributed by atoms with E-state index in [1.807, 2.05) is 24.3 Å². The zero-order chi connectivity index (χ0) is 14.1. The zero-order valence-corrected chi connectivity index (χ0v) is 11.8. The molecule has 0 bridgehead atoms. The second-order valence-electron chi connectivity index (χ2n) is 5.47. The van der Waals surface area contributed by atoms with Gasteiger partial charge in [-0.2, -0.15) is 10.2 Å². The molecule has 0 saturated heterocycles. The van der Waals surface area contributed by atoms with E-state index in [1.165, 1.54) is 5.56 Å². The predicted octanol–water partition coefficient (Wildman–Crippen LogP) is 2.53. The van der Waals surface area contributed by atoms with Gasteiger partial charge in [0.2, 0.25) is 0 Å². The number of hydrogen-bond donors (Lipinski definition) is 1. The van der Waals surface area contributed by atoms with E-state index in [0.717, 1.165) is 29.1 Å². The van der Waals surface area contributed by atoms with Gasteiger partial charge < -0.3 is 10.5 Å². The van der Waals surface area contributed by atoms with Crippen molar-refractivity contribution in [1.82, 2.24) is 10.2 Å². The summed E-state index contributed by atoms with van der Waals surface area (Å²) in [6, 6.07) is 10.2. The molecule has 3 rings (SSSR count). The van der Waals surface area contributed by atoms with E-state index in [4.69, 9.17) is 10.5 Å². The maximum Gasteiger partial charge on any atom is 0.132 e. The fraction of sp³-hybridized carbons (Fsp3) is 0.375. The van der Waals surface area contributed by atoms with E-state index in [2.05, 4.69) is 30.1 Å². The van der Waals surface area contributed by atoms with Crippen molar-refractivity contribution in [2.45, 2.75) is 32.3 Å². The predicted molar refractivity (Wildman–Crippen MR) is 78.7 cm³/mol. The molecule has 1 unspecified atom stereocenters. The first kappa shape index (κ1) is 13.1. The van der Waals surface area contributed by atoms with Crippen LogP contribution in [0.3, 0.4) is 0 Å². The number of fused-ring (bicyclic) bond motifs is 1. The van der Waals surface area contributed by atoms with E-state index in [9.17, 15) is 0 Å². The molecule has 1 aromatic carbocycles.